The van der Waals surface area contributed by atoms with E-state index in [0.29, 0.717) is 6.04 Å². The molecule has 2 rings (SSSR count). The smallest absolute Gasteiger partial charge is 0.0300 e. The maximum Gasteiger partial charge on any atom is 0.0300 e. The molecule has 0 saturated carbocycles. The van der Waals surface area contributed by atoms with Crippen LogP contribution in [0.1, 0.15) is 24.6 Å². The second-order valence-corrected chi connectivity index (χ2v) is 6.52. The number of halogens is 1. The van der Waals surface area contributed by atoms with Crippen molar-refractivity contribution in [1.82, 2.24) is 10.6 Å². The zero-order valence-corrected chi connectivity index (χ0v) is 12.0. The van der Waals surface area contributed by atoms with Crippen LogP contribution in [0.2, 0.25) is 0 Å². The fourth-order valence-corrected chi connectivity index (χ4v) is 3.69. The molecule has 1 aromatic rings. The van der Waals surface area contributed by atoms with Gasteiger partial charge in [0, 0.05) is 27.3 Å². The van der Waals surface area contributed by atoms with Crippen LogP contribution in [0.4, 0.5) is 0 Å². The minimum atomic E-state index is 0.691. The SMILES string of the molecule is CC1CC(CNCc2cc(Br)cs2)CCN1. The normalized spacial score (nSPS) is 25.9. The zero-order valence-electron chi connectivity index (χ0n) is 9.63. The maximum absolute atomic E-state index is 3.57. The lowest BCUT2D eigenvalue weighted by Gasteiger charge is -2.28. The Hall–Kier alpha value is 0.1000. The molecule has 0 bridgehead atoms. The predicted octanol–water partition coefficient (Wildman–Crippen LogP) is 2.99. The molecule has 2 atom stereocenters. The Morgan fingerprint density at radius 3 is 3.19 bits per heavy atom. The fraction of sp³-hybridized carbons (Fsp3) is 0.667. The van der Waals surface area contributed by atoms with Gasteiger partial charge < -0.3 is 10.6 Å². The van der Waals surface area contributed by atoms with Crippen LogP contribution in [0.5, 0.6) is 0 Å². The van der Waals surface area contributed by atoms with Crippen LogP contribution >= 0.6 is 27.3 Å². The van der Waals surface area contributed by atoms with Gasteiger partial charge in [-0.25, -0.2) is 0 Å². The Balaban J connectivity index is 1.67. The van der Waals surface area contributed by atoms with Gasteiger partial charge in [0.1, 0.15) is 0 Å². The van der Waals surface area contributed by atoms with Crippen molar-refractivity contribution in [2.24, 2.45) is 5.92 Å². The van der Waals surface area contributed by atoms with Gasteiger partial charge in [0.05, 0.1) is 0 Å². The van der Waals surface area contributed by atoms with Gasteiger partial charge in [-0.15, -0.1) is 11.3 Å². The van der Waals surface area contributed by atoms with Crippen LogP contribution < -0.4 is 10.6 Å². The minimum absolute atomic E-state index is 0.691. The van der Waals surface area contributed by atoms with Crippen molar-refractivity contribution in [3.05, 3.63) is 20.8 Å². The van der Waals surface area contributed by atoms with Crippen LogP contribution in [-0.2, 0) is 6.54 Å². The molecular formula is C12H19BrN2S. The molecule has 1 aliphatic heterocycles. The molecule has 0 aliphatic carbocycles. The summed E-state index contributed by atoms with van der Waals surface area (Å²) in [4.78, 5) is 1.41. The van der Waals surface area contributed by atoms with Crippen molar-refractivity contribution in [2.45, 2.75) is 32.4 Å². The zero-order chi connectivity index (χ0) is 11.4. The van der Waals surface area contributed by atoms with E-state index in [1.54, 1.807) is 0 Å². The average Bonchev–Trinajstić information content (AvgIpc) is 2.64. The highest BCUT2D eigenvalue weighted by molar-refractivity contribution is 9.10. The summed E-state index contributed by atoms with van der Waals surface area (Å²) in [7, 11) is 0. The summed E-state index contributed by atoms with van der Waals surface area (Å²) in [5.74, 6) is 0.847. The summed E-state index contributed by atoms with van der Waals surface area (Å²) in [5, 5.41) is 9.20. The monoisotopic (exact) mass is 302 g/mol. The Morgan fingerprint density at radius 1 is 1.62 bits per heavy atom. The van der Waals surface area contributed by atoms with E-state index in [-0.39, 0.29) is 0 Å². The van der Waals surface area contributed by atoms with Crippen LogP contribution in [0.3, 0.4) is 0 Å². The van der Waals surface area contributed by atoms with E-state index in [2.05, 4.69) is 44.9 Å². The summed E-state index contributed by atoms with van der Waals surface area (Å²) in [5.41, 5.74) is 0. The molecule has 90 valence electrons. The highest BCUT2D eigenvalue weighted by Gasteiger charge is 2.17. The minimum Gasteiger partial charge on any atom is -0.314 e. The second kappa shape index (κ2) is 6.15. The molecule has 0 spiro atoms. The van der Waals surface area contributed by atoms with E-state index in [4.69, 9.17) is 0 Å². The van der Waals surface area contributed by atoms with Gasteiger partial charge in [0.25, 0.3) is 0 Å². The maximum atomic E-state index is 3.57. The van der Waals surface area contributed by atoms with Crippen molar-refractivity contribution in [3.8, 4) is 0 Å². The molecule has 2 heterocycles. The first kappa shape index (κ1) is 12.6. The summed E-state index contributed by atoms with van der Waals surface area (Å²) < 4.78 is 1.20. The van der Waals surface area contributed by atoms with Gasteiger partial charge in [0.15, 0.2) is 0 Å². The highest BCUT2D eigenvalue weighted by atomic mass is 79.9. The number of hydrogen-bond acceptors (Lipinski definition) is 3. The van der Waals surface area contributed by atoms with E-state index in [1.165, 1.54) is 28.7 Å². The Labute approximate surface area is 110 Å². The van der Waals surface area contributed by atoms with Crippen molar-refractivity contribution in [2.75, 3.05) is 13.1 Å². The molecule has 2 unspecified atom stereocenters. The number of hydrogen-bond donors (Lipinski definition) is 2. The molecule has 2 N–H and O–H groups in total. The highest BCUT2D eigenvalue weighted by Crippen LogP contribution is 2.20. The Morgan fingerprint density at radius 2 is 2.50 bits per heavy atom. The summed E-state index contributed by atoms with van der Waals surface area (Å²) in [6, 6.07) is 2.89. The number of piperidine rings is 1. The molecule has 4 heteroatoms. The van der Waals surface area contributed by atoms with E-state index in [9.17, 15) is 0 Å². The quantitative estimate of drug-likeness (QED) is 0.893. The van der Waals surface area contributed by atoms with Gasteiger partial charge in [0.2, 0.25) is 0 Å². The van der Waals surface area contributed by atoms with Crippen LogP contribution in [-0.4, -0.2) is 19.1 Å². The lowest BCUT2D eigenvalue weighted by Crippen LogP contribution is -2.39. The largest absolute Gasteiger partial charge is 0.314 e. The van der Waals surface area contributed by atoms with Crippen molar-refractivity contribution < 1.29 is 0 Å². The van der Waals surface area contributed by atoms with E-state index in [0.717, 1.165) is 19.0 Å². The summed E-state index contributed by atoms with van der Waals surface area (Å²) >= 11 is 5.30. The molecule has 0 aromatic carbocycles. The predicted molar refractivity (Wildman–Crippen MR) is 73.9 cm³/mol. The molecule has 1 fully saturated rings. The van der Waals surface area contributed by atoms with E-state index in [1.807, 2.05) is 11.3 Å². The summed E-state index contributed by atoms with van der Waals surface area (Å²) in [6.07, 6.45) is 2.62. The van der Waals surface area contributed by atoms with E-state index < -0.39 is 0 Å². The van der Waals surface area contributed by atoms with Crippen molar-refractivity contribution in [3.63, 3.8) is 0 Å². The first-order chi connectivity index (χ1) is 7.74. The second-order valence-electron chi connectivity index (χ2n) is 4.61. The molecule has 0 radical (unpaired) electrons. The molecule has 2 nitrogen and oxygen atoms in total. The lowest BCUT2D eigenvalue weighted by atomic mass is 9.93. The standard InChI is InChI=1S/C12H19BrN2S/c1-9-4-10(2-3-15-9)6-14-7-12-5-11(13)8-16-12/h5,8-10,14-15H,2-4,6-7H2,1H3. The number of thiophene rings is 1. The van der Waals surface area contributed by atoms with Crippen LogP contribution in [0.25, 0.3) is 0 Å². The van der Waals surface area contributed by atoms with Gasteiger partial charge in [-0.3, -0.25) is 0 Å². The van der Waals surface area contributed by atoms with E-state index >= 15 is 0 Å². The molecule has 16 heavy (non-hydrogen) atoms. The average molecular weight is 303 g/mol. The van der Waals surface area contributed by atoms with Gasteiger partial charge in [-0.1, -0.05) is 0 Å². The van der Waals surface area contributed by atoms with Crippen LogP contribution in [0.15, 0.2) is 15.9 Å². The van der Waals surface area contributed by atoms with Gasteiger partial charge >= 0.3 is 0 Å². The Kier molecular flexibility index (Phi) is 4.82. The van der Waals surface area contributed by atoms with Crippen molar-refractivity contribution >= 4 is 27.3 Å². The first-order valence-electron chi connectivity index (χ1n) is 5.91. The fourth-order valence-electron chi connectivity index (χ4n) is 2.27. The molecule has 0 amide bonds. The molecule has 1 saturated heterocycles. The molecule has 1 aromatic heterocycles. The Bertz CT molecular complexity index is 327. The van der Waals surface area contributed by atoms with Gasteiger partial charge in [-0.05, 0) is 60.8 Å². The lowest BCUT2D eigenvalue weighted by molar-refractivity contribution is 0.304. The first-order valence-corrected chi connectivity index (χ1v) is 7.58. The third-order valence-corrected chi connectivity index (χ3v) is 4.78. The third-order valence-electron chi connectivity index (χ3n) is 3.09. The molecule has 1 aliphatic rings. The van der Waals surface area contributed by atoms with Crippen LogP contribution in [0, 0.1) is 5.92 Å². The summed E-state index contributed by atoms with van der Waals surface area (Å²) in [6.45, 7) is 5.62. The van der Waals surface area contributed by atoms with Crippen molar-refractivity contribution in [1.29, 1.82) is 0 Å². The number of nitrogens with one attached hydrogen (secondary N) is 2. The van der Waals surface area contributed by atoms with Gasteiger partial charge in [-0.2, -0.15) is 0 Å². The number of rotatable bonds is 4. The topological polar surface area (TPSA) is 24.1 Å². The molecular weight excluding hydrogens is 284 g/mol. The third kappa shape index (κ3) is 3.84.